The van der Waals surface area contributed by atoms with Crippen molar-refractivity contribution in [3.63, 3.8) is 0 Å². The van der Waals surface area contributed by atoms with Crippen LogP contribution < -0.4 is 10.0 Å². The van der Waals surface area contributed by atoms with Crippen LogP contribution >= 0.6 is 0 Å². The van der Waals surface area contributed by atoms with E-state index in [2.05, 4.69) is 17.0 Å². The Bertz CT molecular complexity index is 992. The second-order valence-electron chi connectivity index (χ2n) is 7.97. The third kappa shape index (κ3) is 8.29. The minimum absolute atomic E-state index is 0.124. The summed E-state index contributed by atoms with van der Waals surface area (Å²) in [6.07, 6.45) is 2.55. The quantitative estimate of drug-likeness (QED) is 0.437. The molecule has 0 spiro atoms. The summed E-state index contributed by atoms with van der Waals surface area (Å²) in [6, 6.07) is 15.5. The van der Waals surface area contributed by atoms with Crippen LogP contribution in [-0.2, 0) is 32.6 Å². The van der Waals surface area contributed by atoms with Crippen LogP contribution in [0.25, 0.3) is 0 Å². The Morgan fingerprint density at radius 3 is 2.24 bits per heavy atom. The second kappa shape index (κ2) is 13.1. The Kier molecular flexibility index (Phi) is 10.5. The Balaban J connectivity index is 2.08. The van der Waals surface area contributed by atoms with Crippen LogP contribution in [0, 0.1) is 0 Å². The molecule has 8 heteroatoms. The molecule has 0 heterocycles. The fourth-order valence-electron chi connectivity index (χ4n) is 3.40. The minimum Gasteiger partial charge on any atom is -0.354 e. The van der Waals surface area contributed by atoms with Crippen LogP contribution in [0.5, 0.6) is 0 Å². The topological polar surface area (TPSA) is 95.6 Å². The molecule has 0 aliphatic heterocycles. The molecule has 0 aliphatic rings. The molecule has 1 atom stereocenters. The Labute approximate surface area is 197 Å². The smallest absolute Gasteiger partial charge is 0.242 e. The van der Waals surface area contributed by atoms with Gasteiger partial charge in [-0.15, -0.1) is 0 Å². The summed E-state index contributed by atoms with van der Waals surface area (Å²) in [7, 11) is -3.51. The van der Waals surface area contributed by atoms with Crippen LogP contribution in [0.2, 0.25) is 0 Å². The predicted octanol–water partition coefficient (Wildman–Crippen LogP) is 3.25. The third-order valence-corrected chi connectivity index (χ3v) is 6.95. The van der Waals surface area contributed by atoms with E-state index in [-0.39, 0.29) is 23.1 Å². The van der Waals surface area contributed by atoms with Crippen molar-refractivity contribution in [2.75, 3.05) is 13.1 Å². The summed E-state index contributed by atoms with van der Waals surface area (Å²) >= 11 is 0. The summed E-state index contributed by atoms with van der Waals surface area (Å²) in [6.45, 7) is 6.80. The number of hydrogen-bond acceptors (Lipinski definition) is 4. The molecule has 0 saturated heterocycles. The molecular weight excluding hydrogens is 438 g/mol. The largest absolute Gasteiger partial charge is 0.354 e. The van der Waals surface area contributed by atoms with Gasteiger partial charge in [0, 0.05) is 26.1 Å². The molecule has 0 aromatic heterocycles. The summed E-state index contributed by atoms with van der Waals surface area (Å²) in [4.78, 5) is 27.6. The van der Waals surface area contributed by atoms with Gasteiger partial charge >= 0.3 is 0 Å². The van der Waals surface area contributed by atoms with Crippen molar-refractivity contribution in [3.05, 3.63) is 65.7 Å². The highest BCUT2D eigenvalue weighted by Gasteiger charge is 2.25. The Hall–Kier alpha value is -2.71. The van der Waals surface area contributed by atoms with Gasteiger partial charge in [0.05, 0.1) is 4.90 Å². The number of amides is 2. The van der Waals surface area contributed by atoms with Gasteiger partial charge in [0.25, 0.3) is 0 Å². The highest BCUT2D eigenvalue weighted by Crippen LogP contribution is 2.15. The average molecular weight is 474 g/mol. The molecule has 0 saturated carbocycles. The molecule has 2 rings (SSSR count). The van der Waals surface area contributed by atoms with Crippen LogP contribution in [-0.4, -0.2) is 44.3 Å². The molecule has 2 N–H and O–H groups in total. The van der Waals surface area contributed by atoms with E-state index in [9.17, 15) is 18.0 Å². The standard InChI is InChI=1S/C25H35N3O4S/c1-4-6-18-26-25(30)20(3)28(19-22-10-8-7-9-11-22)24(29)17-14-21-12-15-23(16-13-21)33(31,32)27-5-2/h7-13,15-16,20,27H,4-6,14,17-19H2,1-3H3,(H,26,30)/t20-/m0/s1. The van der Waals surface area contributed by atoms with E-state index < -0.39 is 16.1 Å². The van der Waals surface area contributed by atoms with Crippen molar-refractivity contribution in [2.24, 2.45) is 0 Å². The minimum atomic E-state index is -3.51. The molecule has 0 fully saturated rings. The van der Waals surface area contributed by atoms with Gasteiger partial charge in [-0.25, -0.2) is 13.1 Å². The van der Waals surface area contributed by atoms with E-state index in [0.29, 0.717) is 26.1 Å². The summed E-state index contributed by atoms with van der Waals surface area (Å²) < 4.78 is 26.7. The monoisotopic (exact) mass is 473 g/mol. The van der Waals surface area contributed by atoms with Gasteiger partial charge in [0.1, 0.15) is 6.04 Å². The number of nitrogens with one attached hydrogen (secondary N) is 2. The van der Waals surface area contributed by atoms with Gasteiger partial charge in [0.2, 0.25) is 21.8 Å². The number of sulfonamides is 1. The molecule has 0 radical (unpaired) electrons. The van der Waals surface area contributed by atoms with Crippen LogP contribution in [0.4, 0.5) is 0 Å². The summed E-state index contributed by atoms with van der Waals surface area (Å²) in [5, 5.41) is 2.91. The molecule has 0 bridgehead atoms. The van der Waals surface area contributed by atoms with E-state index >= 15 is 0 Å². The maximum Gasteiger partial charge on any atom is 0.242 e. The van der Waals surface area contributed by atoms with E-state index in [1.165, 1.54) is 0 Å². The lowest BCUT2D eigenvalue weighted by Gasteiger charge is -2.29. The van der Waals surface area contributed by atoms with E-state index in [1.807, 2.05) is 30.3 Å². The van der Waals surface area contributed by atoms with E-state index in [1.54, 1.807) is 43.0 Å². The van der Waals surface area contributed by atoms with Crippen LogP contribution in [0.15, 0.2) is 59.5 Å². The molecule has 33 heavy (non-hydrogen) atoms. The molecule has 0 unspecified atom stereocenters. The molecule has 2 aromatic carbocycles. The summed E-state index contributed by atoms with van der Waals surface area (Å²) in [5.41, 5.74) is 1.82. The fraction of sp³-hybridized carbons (Fsp3) is 0.440. The zero-order chi connectivity index (χ0) is 24.3. The number of benzene rings is 2. The first kappa shape index (κ1) is 26.5. The van der Waals surface area contributed by atoms with Crippen molar-refractivity contribution >= 4 is 21.8 Å². The number of unbranched alkanes of at least 4 members (excludes halogenated alkanes) is 1. The van der Waals surface area contributed by atoms with Gasteiger partial charge in [-0.3, -0.25) is 9.59 Å². The lowest BCUT2D eigenvalue weighted by atomic mass is 10.1. The first-order valence-electron chi connectivity index (χ1n) is 11.5. The second-order valence-corrected chi connectivity index (χ2v) is 9.74. The Morgan fingerprint density at radius 2 is 1.64 bits per heavy atom. The van der Waals surface area contributed by atoms with Gasteiger partial charge in [-0.2, -0.15) is 0 Å². The molecule has 2 amide bonds. The lowest BCUT2D eigenvalue weighted by molar-refractivity contribution is -0.140. The molecule has 7 nitrogen and oxygen atoms in total. The van der Waals surface area contributed by atoms with E-state index in [4.69, 9.17) is 0 Å². The maximum atomic E-state index is 13.1. The van der Waals surface area contributed by atoms with Crippen LogP contribution in [0.3, 0.4) is 0 Å². The highest BCUT2D eigenvalue weighted by atomic mass is 32.2. The maximum absolute atomic E-state index is 13.1. The van der Waals surface area contributed by atoms with Crippen molar-refractivity contribution in [3.8, 4) is 0 Å². The first-order chi connectivity index (χ1) is 15.8. The number of hydrogen-bond donors (Lipinski definition) is 2. The van der Waals surface area contributed by atoms with Crippen LogP contribution in [0.1, 0.15) is 51.2 Å². The fourth-order valence-corrected chi connectivity index (χ4v) is 4.44. The van der Waals surface area contributed by atoms with Gasteiger partial charge in [-0.05, 0) is 43.0 Å². The zero-order valence-electron chi connectivity index (χ0n) is 19.7. The molecule has 180 valence electrons. The number of rotatable bonds is 13. The summed E-state index contributed by atoms with van der Waals surface area (Å²) in [5.74, 6) is -0.285. The van der Waals surface area contributed by atoms with Gasteiger partial charge in [-0.1, -0.05) is 62.7 Å². The number of carbonyl (C=O) groups excluding carboxylic acids is 2. The highest BCUT2D eigenvalue weighted by molar-refractivity contribution is 7.89. The van der Waals surface area contributed by atoms with Crippen molar-refractivity contribution in [1.82, 2.24) is 14.9 Å². The van der Waals surface area contributed by atoms with Crippen molar-refractivity contribution in [1.29, 1.82) is 0 Å². The number of aryl methyl sites for hydroxylation is 1. The van der Waals surface area contributed by atoms with Crippen molar-refractivity contribution < 1.29 is 18.0 Å². The molecular formula is C25H35N3O4S. The van der Waals surface area contributed by atoms with Crippen molar-refractivity contribution in [2.45, 2.75) is 63.9 Å². The first-order valence-corrected chi connectivity index (χ1v) is 13.0. The Morgan fingerprint density at radius 1 is 0.970 bits per heavy atom. The van der Waals surface area contributed by atoms with Gasteiger partial charge < -0.3 is 10.2 Å². The zero-order valence-corrected chi connectivity index (χ0v) is 20.5. The number of carbonyl (C=O) groups is 2. The SMILES string of the molecule is CCCCNC(=O)[C@H](C)N(Cc1ccccc1)C(=O)CCc1ccc(S(=O)(=O)NCC)cc1. The van der Waals surface area contributed by atoms with E-state index in [0.717, 1.165) is 24.0 Å². The predicted molar refractivity (Wildman–Crippen MR) is 130 cm³/mol. The molecule has 0 aliphatic carbocycles. The normalized spacial score (nSPS) is 12.2. The molecule has 2 aromatic rings. The van der Waals surface area contributed by atoms with Gasteiger partial charge in [0.15, 0.2) is 0 Å². The average Bonchev–Trinajstić information content (AvgIpc) is 2.81. The lowest BCUT2D eigenvalue weighted by Crippen LogP contribution is -2.47. The third-order valence-electron chi connectivity index (χ3n) is 5.39. The number of nitrogens with zero attached hydrogens (tertiary/aromatic N) is 1.